The van der Waals surface area contributed by atoms with Gasteiger partial charge in [0, 0.05) is 12.1 Å². The van der Waals surface area contributed by atoms with Crippen molar-refractivity contribution in [1.29, 1.82) is 0 Å². The molecule has 1 saturated heterocycles. The fourth-order valence-electron chi connectivity index (χ4n) is 3.16. The number of ether oxygens (including phenoxy) is 1. The molecule has 1 aliphatic carbocycles. The van der Waals surface area contributed by atoms with E-state index in [4.69, 9.17) is 15.6 Å². The van der Waals surface area contributed by atoms with Crippen LogP contribution in [0.1, 0.15) is 44.7 Å². The fourth-order valence-corrected chi connectivity index (χ4v) is 3.16. The number of anilines is 1. The number of aliphatic hydroxyl groups is 1. The molecule has 3 rings (SSSR count). The van der Waals surface area contributed by atoms with E-state index in [9.17, 15) is 14.7 Å². The predicted octanol–water partition coefficient (Wildman–Crippen LogP) is 2.20. The molecule has 1 unspecified atom stereocenters. The monoisotopic (exact) mass is 364 g/mol. The Balaban J connectivity index is 0.000000206. The number of aliphatic hydroxyl groups excluding tert-OH is 1. The maximum absolute atomic E-state index is 11.7. The minimum Gasteiger partial charge on any atom is -0.480 e. The SMILES string of the molecule is CC(C)(C)OC(=O)N1CC(O)C[C@H]1C(=O)O.Nc1ccc2c(c1)CCC2. The highest BCUT2D eigenvalue weighted by molar-refractivity contribution is 5.81. The highest BCUT2D eigenvalue weighted by Crippen LogP contribution is 2.23. The highest BCUT2D eigenvalue weighted by atomic mass is 16.6. The lowest BCUT2D eigenvalue weighted by atomic mass is 10.1. The van der Waals surface area contributed by atoms with Gasteiger partial charge in [-0.3, -0.25) is 4.90 Å². The molecule has 0 saturated carbocycles. The number of nitrogens with zero attached hydrogens (tertiary/aromatic N) is 1. The molecule has 0 bridgehead atoms. The number of amides is 1. The van der Waals surface area contributed by atoms with Crippen LogP contribution in [0, 0.1) is 0 Å². The first-order valence-electron chi connectivity index (χ1n) is 8.84. The van der Waals surface area contributed by atoms with E-state index in [2.05, 4.69) is 12.1 Å². The second-order valence-corrected chi connectivity index (χ2v) is 7.76. The average molecular weight is 364 g/mol. The van der Waals surface area contributed by atoms with Crippen LogP contribution in [-0.2, 0) is 22.4 Å². The largest absolute Gasteiger partial charge is 0.480 e. The molecule has 0 radical (unpaired) electrons. The first kappa shape index (κ1) is 20.0. The van der Waals surface area contributed by atoms with Crippen molar-refractivity contribution >= 4 is 17.7 Å². The number of carbonyl (C=O) groups excluding carboxylic acids is 1. The summed E-state index contributed by atoms with van der Waals surface area (Å²) in [6.45, 7) is 5.11. The average Bonchev–Trinajstić information content (AvgIpc) is 3.11. The van der Waals surface area contributed by atoms with E-state index >= 15 is 0 Å². The summed E-state index contributed by atoms with van der Waals surface area (Å²) >= 11 is 0. The summed E-state index contributed by atoms with van der Waals surface area (Å²) in [6.07, 6.45) is 2.33. The Morgan fingerprint density at radius 1 is 1.23 bits per heavy atom. The number of likely N-dealkylation sites (tertiary alicyclic amines) is 1. The van der Waals surface area contributed by atoms with Crippen LogP contribution in [0.3, 0.4) is 0 Å². The number of nitrogens with two attached hydrogens (primary N) is 1. The maximum Gasteiger partial charge on any atom is 0.411 e. The Bertz CT molecular complexity index is 668. The predicted molar refractivity (Wildman–Crippen MR) is 97.9 cm³/mol. The Labute approximate surface area is 153 Å². The van der Waals surface area contributed by atoms with Crippen molar-refractivity contribution in [2.75, 3.05) is 12.3 Å². The van der Waals surface area contributed by atoms with E-state index in [-0.39, 0.29) is 13.0 Å². The van der Waals surface area contributed by atoms with Gasteiger partial charge in [0.1, 0.15) is 11.6 Å². The van der Waals surface area contributed by atoms with Crippen LogP contribution in [0.4, 0.5) is 10.5 Å². The molecule has 26 heavy (non-hydrogen) atoms. The molecule has 7 heteroatoms. The van der Waals surface area contributed by atoms with Gasteiger partial charge in [0.05, 0.1) is 12.6 Å². The van der Waals surface area contributed by atoms with Crippen molar-refractivity contribution in [3.05, 3.63) is 29.3 Å². The Kier molecular flexibility index (Phi) is 6.13. The molecule has 2 atom stereocenters. The number of hydrogen-bond donors (Lipinski definition) is 3. The second kappa shape index (κ2) is 7.95. The van der Waals surface area contributed by atoms with E-state index in [1.54, 1.807) is 20.8 Å². The summed E-state index contributed by atoms with van der Waals surface area (Å²) in [6, 6.07) is 5.24. The molecule has 1 aromatic rings. The van der Waals surface area contributed by atoms with Gasteiger partial charge >= 0.3 is 12.1 Å². The van der Waals surface area contributed by atoms with Gasteiger partial charge in [0.2, 0.25) is 0 Å². The van der Waals surface area contributed by atoms with Crippen LogP contribution < -0.4 is 5.73 Å². The van der Waals surface area contributed by atoms with Crippen LogP contribution in [0.2, 0.25) is 0 Å². The van der Waals surface area contributed by atoms with E-state index in [1.165, 1.54) is 30.4 Å². The molecule has 1 heterocycles. The number of fused-ring (bicyclic) bond motifs is 1. The summed E-state index contributed by atoms with van der Waals surface area (Å²) < 4.78 is 5.06. The van der Waals surface area contributed by atoms with Crippen molar-refractivity contribution < 1.29 is 24.5 Å². The lowest BCUT2D eigenvalue weighted by Gasteiger charge is -2.26. The standard InChI is InChI=1S/C10H17NO5.C9H11N/c1-10(2,3)16-9(15)11-5-6(12)4-7(11)8(13)14;10-9-5-4-7-2-1-3-8(7)6-9/h6-7,12H,4-5H2,1-3H3,(H,13,14);4-6H,1-3,10H2/t6?,7-;/m0./s1. The van der Waals surface area contributed by atoms with E-state index in [0.29, 0.717) is 0 Å². The van der Waals surface area contributed by atoms with Crippen molar-refractivity contribution in [2.24, 2.45) is 0 Å². The van der Waals surface area contributed by atoms with Gasteiger partial charge in [-0.1, -0.05) is 6.07 Å². The van der Waals surface area contributed by atoms with Gasteiger partial charge in [-0.2, -0.15) is 0 Å². The van der Waals surface area contributed by atoms with Crippen molar-refractivity contribution in [2.45, 2.75) is 64.2 Å². The Hall–Kier alpha value is -2.28. The summed E-state index contributed by atoms with van der Waals surface area (Å²) in [5.74, 6) is -1.12. The number of benzene rings is 1. The summed E-state index contributed by atoms with van der Waals surface area (Å²) in [5, 5.41) is 18.2. The van der Waals surface area contributed by atoms with Crippen LogP contribution in [0.5, 0.6) is 0 Å². The van der Waals surface area contributed by atoms with Crippen LogP contribution in [0.15, 0.2) is 18.2 Å². The fraction of sp³-hybridized carbons (Fsp3) is 0.579. The van der Waals surface area contributed by atoms with Gasteiger partial charge in [-0.25, -0.2) is 9.59 Å². The molecule has 2 aliphatic rings. The minimum absolute atomic E-state index is 0.00583. The summed E-state index contributed by atoms with van der Waals surface area (Å²) in [7, 11) is 0. The molecule has 4 N–H and O–H groups in total. The molecule has 7 nitrogen and oxygen atoms in total. The molecule has 1 amide bonds. The zero-order valence-electron chi connectivity index (χ0n) is 15.6. The number of aliphatic carboxylic acids is 1. The quantitative estimate of drug-likeness (QED) is 0.659. The van der Waals surface area contributed by atoms with Crippen molar-refractivity contribution in [3.63, 3.8) is 0 Å². The van der Waals surface area contributed by atoms with Gasteiger partial charge in [0.15, 0.2) is 0 Å². The first-order chi connectivity index (χ1) is 12.1. The summed E-state index contributed by atoms with van der Waals surface area (Å²) in [5.41, 5.74) is 8.81. The third-order valence-electron chi connectivity index (χ3n) is 4.31. The normalized spacial score (nSPS) is 21.6. The summed E-state index contributed by atoms with van der Waals surface area (Å²) in [4.78, 5) is 23.6. The van der Waals surface area contributed by atoms with Crippen LogP contribution >= 0.6 is 0 Å². The van der Waals surface area contributed by atoms with E-state index in [1.807, 2.05) is 6.07 Å². The van der Waals surface area contributed by atoms with E-state index < -0.39 is 29.8 Å². The zero-order valence-corrected chi connectivity index (χ0v) is 15.6. The van der Waals surface area contributed by atoms with Gasteiger partial charge in [-0.05, 0) is 63.3 Å². The van der Waals surface area contributed by atoms with Gasteiger partial charge < -0.3 is 20.7 Å². The Morgan fingerprint density at radius 2 is 1.88 bits per heavy atom. The van der Waals surface area contributed by atoms with Crippen LogP contribution in [0.25, 0.3) is 0 Å². The van der Waals surface area contributed by atoms with Gasteiger partial charge in [-0.15, -0.1) is 0 Å². The molecule has 144 valence electrons. The number of hydrogen-bond acceptors (Lipinski definition) is 5. The number of carboxylic acids is 1. The zero-order chi connectivity index (χ0) is 19.5. The van der Waals surface area contributed by atoms with Crippen molar-refractivity contribution in [1.82, 2.24) is 4.90 Å². The molecular weight excluding hydrogens is 336 g/mol. The number of β-amino-alcohol motifs (C(OH)–C–C–N with tert-alkyl or cyclic N) is 1. The maximum atomic E-state index is 11.7. The third kappa shape index (κ3) is 5.36. The second-order valence-electron chi connectivity index (χ2n) is 7.76. The lowest BCUT2D eigenvalue weighted by Crippen LogP contribution is -2.43. The highest BCUT2D eigenvalue weighted by Gasteiger charge is 2.40. The molecule has 0 spiro atoms. The molecular formula is C19H28N2O5. The van der Waals surface area contributed by atoms with Gasteiger partial charge in [0.25, 0.3) is 0 Å². The molecule has 1 fully saturated rings. The van der Waals surface area contributed by atoms with E-state index in [0.717, 1.165) is 10.6 Å². The molecule has 1 aliphatic heterocycles. The number of carbonyl (C=O) groups is 2. The minimum atomic E-state index is -1.12. The number of rotatable bonds is 1. The third-order valence-corrected chi connectivity index (χ3v) is 4.31. The molecule has 0 aromatic heterocycles. The molecule has 1 aromatic carbocycles. The number of aryl methyl sites for hydroxylation is 2. The lowest BCUT2D eigenvalue weighted by molar-refractivity contribution is -0.142. The Morgan fingerprint density at radius 3 is 2.50 bits per heavy atom. The number of carboxylic acid groups (broad SMARTS) is 1. The van der Waals surface area contributed by atoms with Crippen LogP contribution in [-0.4, -0.2) is 51.5 Å². The van der Waals surface area contributed by atoms with Crippen molar-refractivity contribution in [3.8, 4) is 0 Å². The number of nitrogen functional groups attached to an aromatic ring is 1. The smallest absolute Gasteiger partial charge is 0.411 e. The topological polar surface area (TPSA) is 113 Å². The first-order valence-corrected chi connectivity index (χ1v) is 8.84.